The predicted molar refractivity (Wildman–Crippen MR) is 90.0 cm³/mol. The van der Waals surface area contributed by atoms with Crippen molar-refractivity contribution in [2.45, 2.75) is 24.9 Å². The molecule has 4 nitrogen and oxygen atoms in total. The highest BCUT2D eigenvalue weighted by Crippen LogP contribution is 2.38. The molecule has 1 fully saturated rings. The van der Waals surface area contributed by atoms with Gasteiger partial charge < -0.3 is 9.64 Å². The molecule has 0 bridgehead atoms. The van der Waals surface area contributed by atoms with Gasteiger partial charge in [-0.1, -0.05) is 24.3 Å². The van der Waals surface area contributed by atoms with Gasteiger partial charge >= 0.3 is 0 Å². The van der Waals surface area contributed by atoms with Crippen LogP contribution in [-0.2, 0) is 11.2 Å². The van der Waals surface area contributed by atoms with E-state index in [-0.39, 0.29) is 23.9 Å². The number of halogens is 1. The fourth-order valence-corrected chi connectivity index (χ4v) is 3.62. The summed E-state index contributed by atoms with van der Waals surface area (Å²) in [5.41, 5.74) is 0.770. The van der Waals surface area contributed by atoms with Crippen LogP contribution in [0.4, 0.5) is 4.39 Å². The number of hydrogen-bond donors (Lipinski definition) is 0. The Hall–Kier alpha value is -2.69. The monoisotopic (exact) mass is 339 g/mol. The molecule has 2 aliphatic rings. The first kappa shape index (κ1) is 15.8. The minimum Gasteiger partial charge on any atom is -0.484 e. The Bertz CT molecular complexity index is 833. The lowest BCUT2D eigenvalue weighted by molar-refractivity contribution is -0.130. The smallest absolute Gasteiger partial charge is 0.227 e. The van der Waals surface area contributed by atoms with Gasteiger partial charge in [-0.15, -0.1) is 0 Å². The fourth-order valence-electron chi connectivity index (χ4n) is 3.62. The molecule has 0 radical (unpaired) electrons. The molecule has 0 saturated carbocycles. The van der Waals surface area contributed by atoms with Crippen molar-refractivity contribution in [3.8, 4) is 5.75 Å². The molecule has 1 spiro atoms. The number of carbonyl (C=O) groups is 2. The normalized spacial score (nSPS) is 22.0. The standard InChI is InChI=1S/C20H18FNO3/c21-15-7-5-14(6-8-15)11-19(24)22-10-9-20(13-22)12-17(23)16-3-1-2-4-18(16)25-20/h1-8H,9-13H2. The van der Waals surface area contributed by atoms with Crippen LogP contribution in [0.15, 0.2) is 48.5 Å². The lowest BCUT2D eigenvalue weighted by Crippen LogP contribution is -2.45. The molecule has 25 heavy (non-hydrogen) atoms. The molecule has 5 heteroatoms. The third-order valence-corrected chi connectivity index (χ3v) is 4.93. The number of rotatable bonds is 2. The number of nitrogens with zero attached hydrogens (tertiary/aromatic N) is 1. The van der Waals surface area contributed by atoms with Crippen LogP contribution in [-0.4, -0.2) is 35.3 Å². The molecule has 0 aromatic heterocycles. The number of ether oxygens (including phenoxy) is 1. The zero-order valence-electron chi connectivity index (χ0n) is 13.7. The predicted octanol–water partition coefficient (Wildman–Crippen LogP) is 3.00. The van der Waals surface area contributed by atoms with Crippen molar-refractivity contribution in [1.29, 1.82) is 0 Å². The Morgan fingerprint density at radius 2 is 1.92 bits per heavy atom. The fraction of sp³-hybridized carbons (Fsp3) is 0.300. The van der Waals surface area contributed by atoms with Crippen LogP contribution in [0.3, 0.4) is 0 Å². The summed E-state index contributed by atoms with van der Waals surface area (Å²) in [5, 5.41) is 0. The number of carbonyl (C=O) groups excluding carboxylic acids is 2. The molecule has 2 aromatic carbocycles. The molecule has 1 saturated heterocycles. The van der Waals surface area contributed by atoms with Crippen molar-refractivity contribution in [3.63, 3.8) is 0 Å². The first-order chi connectivity index (χ1) is 12.0. The van der Waals surface area contributed by atoms with Gasteiger partial charge in [0, 0.05) is 13.0 Å². The summed E-state index contributed by atoms with van der Waals surface area (Å²) in [6, 6.07) is 13.2. The first-order valence-corrected chi connectivity index (χ1v) is 8.38. The van der Waals surface area contributed by atoms with Gasteiger partial charge in [-0.25, -0.2) is 4.39 Å². The number of Topliss-reactive ketones (excluding diaryl/α,β-unsaturated/α-hetero) is 1. The second-order valence-electron chi connectivity index (χ2n) is 6.75. The molecule has 2 aromatic rings. The molecule has 0 aliphatic carbocycles. The van der Waals surface area contributed by atoms with E-state index in [1.165, 1.54) is 12.1 Å². The number of hydrogen-bond acceptors (Lipinski definition) is 3. The molecular weight excluding hydrogens is 321 g/mol. The van der Waals surface area contributed by atoms with Gasteiger partial charge in [-0.3, -0.25) is 9.59 Å². The van der Waals surface area contributed by atoms with Gasteiger partial charge in [0.25, 0.3) is 0 Å². The molecule has 1 unspecified atom stereocenters. The van der Waals surface area contributed by atoms with E-state index < -0.39 is 5.60 Å². The van der Waals surface area contributed by atoms with E-state index >= 15 is 0 Å². The summed E-state index contributed by atoms with van der Waals surface area (Å²) in [6.07, 6.45) is 1.16. The van der Waals surface area contributed by atoms with Crippen LogP contribution in [0.5, 0.6) is 5.75 Å². The van der Waals surface area contributed by atoms with E-state index in [1.54, 1.807) is 29.2 Å². The second kappa shape index (κ2) is 5.99. The summed E-state index contributed by atoms with van der Waals surface area (Å²) in [6.45, 7) is 0.975. The maximum absolute atomic E-state index is 13.0. The van der Waals surface area contributed by atoms with E-state index in [0.29, 0.717) is 37.2 Å². The van der Waals surface area contributed by atoms with Crippen molar-refractivity contribution in [3.05, 3.63) is 65.5 Å². The molecule has 0 N–H and O–H groups in total. The van der Waals surface area contributed by atoms with E-state index in [1.807, 2.05) is 12.1 Å². The first-order valence-electron chi connectivity index (χ1n) is 8.38. The van der Waals surface area contributed by atoms with E-state index in [9.17, 15) is 14.0 Å². The van der Waals surface area contributed by atoms with E-state index in [4.69, 9.17) is 4.74 Å². The SMILES string of the molecule is O=C1CC2(CCN(C(=O)Cc3ccc(F)cc3)C2)Oc2ccccc21. The Kier molecular flexibility index (Phi) is 3.79. The average molecular weight is 339 g/mol. The highest BCUT2D eigenvalue weighted by Gasteiger charge is 2.46. The van der Waals surface area contributed by atoms with Crippen LogP contribution < -0.4 is 4.74 Å². The molecular formula is C20H18FNO3. The minimum atomic E-state index is -0.621. The van der Waals surface area contributed by atoms with Gasteiger partial charge in [0.2, 0.25) is 5.91 Å². The zero-order valence-corrected chi connectivity index (χ0v) is 13.7. The summed E-state index contributed by atoms with van der Waals surface area (Å²) < 4.78 is 19.1. The summed E-state index contributed by atoms with van der Waals surface area (Å²) in [7, 11) is 0. The van der Waals surface area contributed by atoms with E-state index in [2.05, 4.69) is 0 Å². The van der Waals surface area contributed by atoms with Gasteiger partial charge in [0.05, 0.1) is 24.9 Å². The van der Waals surface area contributed by atoms with Gasteiger partial charge in [0.1, 0.15) is 17.2 Å². The van der Waals surface area contributed by atoms with Crippen molar-refractivity contribution < 1.29 is 18.7 Å². The van der Waals surface area contributed by atoms with Gasteiger partial charge in [-0.2, -0.15) is 0 Å². The van der Waals surface area contributed by atoms with E-state index in [0.717, 1.165) is 5.56 Å². The van der Waals surface area contributed by atoms with Crippen molar-refractivity contribution in [2.24, 2.45) is 0 Å². The lowest BCUT2D eigenvalue weighted by Gasteiger charge is -2.34. The molecule has 2 aliphatic heterocycles. The number of ketones is 1. The molecule has 128 valence electrons. The van der Waals surface area contributed by atoms with Crippen LogP contribution in [0.1, 0.15) is 28.8 Å². The van der Waals surface area contributed by atoms with Crippen LogP contribution in [0, 0.1) is 5.82 Å². The minimum absolute atomic E-state index is 0.0293. The van der Waals surface area contributed by atoms with Gasteiger partial charge in [-0.05, 0) is 29.8 Å². The third-order valence-electron chi connectivity index (χ3n) is 4.93. The highest BCUT2D eigenvalue weighted by atomic mass is 19.1. The van der Waals surface area contributed by atoms with Crippen molar-refractivity contribution in [1.82, 2.24) is 4.90 Å². The number of benzene rings is 2. The molecule has 4 rings (SSSR count). The second-order valence-corrected chi connectivity index (χ2v) is 6.75. The van der Waals surface area contributed by atoms with Crippen LogP contribution in [0.2, 0.25) is 0 Å². The average Bonchev–Trinajstić information content (AvgIpc) is 3.00. The summed E-state index contributed by atoms with van der Waals surface area (Å²) >= 11 is 0. The number of para-hydroxylation sites is 1. The summed E-state index contributed by atoms with van der Waals surface area (Å²) in [5.74, 6) is 0.323. The number of likely N-dealkylation sites (tertiary alicyclic amines) is 1. The Labute approximate surface area is 145 Å². The van der Waals surface area contributed by atoms with Gasteiger partial charge in [0.15, 0.2) is 5.78 Å². The Morgan fingerprint density at radius 3 is 2.72 bits per heavy atom. The van der Waals surface area contributed by atoms with Crippen molar-refractivity contribution in [2.75, 3.05) is 13.1 Å². The van der Waals surface area contributed by atoms with Crippen molar-refractivity contribution >= 4 is 11.7 Å². The Balaban J connectivity index is 1.47. The molecule has 2 heterocycles. The largest absolute Gasteiger partial charge is 0.484 e. The van der Waals surface area contributed by atoms with Crippen LogP contribution >= 0.6 is 0 Å². The number of fused-ring (bicyclic) bond motifs is 1. The Morgan fingerprint density at radius 1 is 1.16 bits per heavy atom. The number of amides is 1. The third kappa shape index (κ3) is 3.02. The maximum atomic E-state index is 13.0. The topological polar surface area (TPSA) is 46.6 Å². The lowest BCUT2D eigenvalue weighted by atomic mass is 9.89. The van der Waals surface area contributed by atoms with Crippen LogP contribution in [0.25, 0.3) is 0 Å². The molecule has 1 atom stereocenters. The summed E-state index contributed by atoms with van der Waals surface area (Å²) in [4.78, 5) is 26.7. The zero-order chi connectivity index (χ0) is 17.4. The highest BCUT2D eigenvalue weighted by molar-refractivity contribution is 6.00. The molecule has 1 amide bonds. The maximum Gasteiger partial charge on any atom is 0.227 e. The quantitative estimate of drug-likeness (QED) is 0.845.